The van der Waals surface area contributed by atoms with Crippen LogP contribution in [0.2, 0.25) is 0 Å². The summed E-state index contributed by atoms with van der Waals surface area (Å²) in [7, 11) is 0. The smallest absolute Gasteiger partial charge is 0.128 e. The fraction of sp³-hybridized carbons (Fsp3) is 0.150. The van der Waals surface area contributed by atoms with Crippen LogP contribution in [-0.4, -0.2) is 4.98 Å². The van der Waals surface area contributed by atoms with E-state index >= 15 is 0 Å². The molecule has 0 saturated carbocycles. The molecule has 0 fully saturated rings. The summed E-state index contributed by atoms with van der Waals surface area (Å²) in [6.07, 6.45) is 2.79. The zero-order valence-corrected chi connectivity index (χ0v) is 12.5. The third kappa shape index (κ3) is 2.27. The summed E-state index contributed by atoms with van der Waals surface area (Å²) in [5, 5.41) is 0. The molecule has 1 aromatic heterocycles. The Morgan fingerprint density at radius 1 is 0.955 bits per heavy atom. The van der Waals surface area contributed by atoms with E-state index in [4.69, 9.17) is 4.74 Å². The van der Waals surface area contributed by atoms with Gasteiger partial charge in [0.2, 0.25) is 0 Å². The Morgan fingerprint density at radius 3 is 2.50 bits per heavy atom. The van der Waals surface area contributed by atoms with E-state index in [0.29, 0.717) is 0 Å². The maximum absolute atomic E-state index is 6.15. The molecule has 2 heteroatoms. The minimum atomic E-state index is 0.0854. The van der Waals surface area contributed by atoms with E-state index < -0.39 is 0 Å². The highest BCUT2D eigenvalue weighted by Gasteiger charge is 2.27. The van der Waals surface area contributed by atoms with E-state index in [2.05, 4.69) is 48.3 Å². The predicted octanol–water partition coefficient (Wildman–Crippen LogP) is 4.73. The van der Waals surface area contributed by atoms with Crippen LogP contribution in [0.5, 0.6) is 5.75 Å². The second kappa shape index (κ2) is 5.30. The standard InChI is InChI=1S/C20H17NO/c1-14-7-9-15(10-8-14)19-13-17-18(22-19)11-12-21-20(17)16-5-3-2-4-6-16/h2-12,19H,13H2,1H3. The molecular weight excluding hydrogens is 270 g/mol. The van der Waals surface area contributed by atoms with E-state index in [1.807, 2.05) is 30.5 Å². The van der Waals surface area contributed by atoms with Gasteiger partial charge in [-0.15, -0.1) is 0 Å². The summed E-state index contributed by atoms with van der Waals surface area (Å²) >= 11 is 0. The minimum absolute atomic E-state index is 0.0854. The van der Waals surface area contributed by atoms with Crippen LogP contribution in [0.4, 0.5) is 0 Å². The summed E-state index contributed by atoms with van der Waals surface area (Å²) in [6.45, 7) is 2.10. The monoisotopic (exact) mass is 287 g/mol. The van der Waals surface area contributed by atoms with Crippen molar-refractivity contribution in [3.63, 3.8) is 0 Å². The van der Waals surface area contributed by atoms with Gasteiger partial charge in [-0.25, -0.2) is 0 Å². The highest BCUT2D eigenvalue weighted by Crippen LogP contribution is 2.40. The van der Waals surface area contributed by atoms with Gasteiger partial charge in [0.05, 0.1) is 5.69 Å². The second-order valence-corrected chi connectivity index (χ2v) is 5.72. The van der Waals surface area contributed by atoms with E-state index in [0.717, 1.165) is 23.4 Å². The Bertz CT molecular complexity index is 794. The largest absolute Gasteiger partial charge is 0.485 e. The maximum atomic E-state index is 6.15. The number of aromatic nitrogens is 1. The lowest BCUT2D eigenvalue weighted by atomic mass is 9.99. The van der Waals surface area contributed by atoms with Crippen LogP contribution in [-0.2, 0) is 6.42 Å². The first kappa shape index (κ1) is 13.1. The van der Waals surface area contributed by atoms with Crippen molar-refractivity contribution >= 4 is 0 Å². The molecule has 2 aromatic carbocycles. The number of ether oxygens (including phenoxy) is 1. The first-order valence-corrected chi connectivity index (χ1v) is 7.58. The van der Waals surface area contributed by atoms with Gasteiger partial charge in [0.25, 0.3) is 0 Å². The zero-order chi connectivity index (χ0) is 14.9. The molecule has 2 heterocycles. The van der Waals surface area contributed by atoms with Gasteiger partial charge in [-0.3, -0.25) is 4.98 Å². The molecule has 3 aromatic rings. The average Bonchev–Trinajstić information content (AvgIpc) is 3.00. The maximum Gasteiger partial charge on any atom is 0.128 e. The Labute approximate surface area is 130 Å². The molecule has 1 aliphatic heterocycles. The molecule has 1 unspecified atom stereocenters. The van der Waals surface area contributed by atoms with Crippen molar-refractivity contribution in [1.29, 1.82) is 0 Å². The van der Waals surface area contributed by atoms with Crippen LogP contribution in [0.3, 0.4) is 0 Å². The fourth-order valence-corrected chi connectivity index (χ4v) is 2.97. The minimum Gasteiger partial charge on any atom is -0.485 e. The molecule has 0 N–H and O–H groups in total. The first-order valence-electron chi connectivity index (χ1n) is 7.58. The quantitative estimate of drug-likeness (QED) is 0.679. The third-order valence-electron chi connectivity index (χ3n) is 4.17. The van der Waals surface area contributed by atoms with Crippen LogP contribution in [0, 0.1) is 6.92 Å². The Morgan fingerprint density at radius 2 is 1.73 bits per heavy atom. The summed E-state index contributed by atoms with van der Waals surface area (Å²) in [4.78, 5) is 4.58. The zero-order valence-electron chi connectivity index (χ0n) is 12.5. The lowest BCUT2D eigenvalue weighted by Crippen LogP contribution is -2.02. The van der Waals surface area contributed by atoms with Gasteiger partial charge < -0.3 is 4.74 Å². The second-order valence-electron chi connectivity index (χ2n) is 5.72. The number of hydrogen-bond donors (Lipinski definition) is 0. The molecular formula is C20H17NO. The van der Waals surface area contributed by atoms with Crippen molar-refractivity contribution in [2.75, 3.05) is 0 Å². The molecule has 1 aliphatic rings. The number of aryl methyl sites for hydroxylation is 1. The van der Waals surface area contributed by atoms with Crippen molar-refractivity contribution in [3.05, 3.63) is 83.6 Å². The molecule has 1 atom stereocenters. The van der Waals surface area contributed by atoms with Crippen molar-refractivity contribution in [2.24, 2.45) is 0 Å². The lowest BCUT2D eigenvalue weighted by molar-refractivity contribution is 0.238. The Balaban J connectivity index is 1.71. The molecule has 4 rings (SSSR count). The first-order chi connectivity index (χ1) is 10.8. The van der Waals surface area contributed by atoms with Gasteiger partial charge in [-0.1, -0.05) is 60.2 Å². The van der Waals surface area contributed by atoms with Crippen molar-refractivity contribution < 1.29 is 4.74 Å². The molecule has 0 amide bonds. The molecule has 0 spiro atoms. The van der Waals surface area contributed by atoms with Gasteiger partial charge >= 0.3 is 0 Å². The summed E-state index contributed by atoms with van der Waals surface area (Å²) in [5.41, 5.74) is 5.88. The Kier molecular flexibility index (Phi) is 3.15. The normalized spacial score (nSPS) is 16.1. The van der Waals surface area contributed by atoms with Crippen LogP contribution < -0.4 is 4.74 Å². The van der Waals surface area contributed by atoms with Crippen LogP contribution >= 0.6 is 0 Å². The molecule has 2 nitrogen and oxygen atoms in total. The molecule has 108 valence electrons. The topological polar surface area (TPSA) is 22.1 Å². The molecule has 0 radical (unpaired) electrons. The van der Waals surface area contributed by atoms with E-state index in [1.54, 1.807) is 0 Å². The lowest BCUT2D eigenvalue weighted by Gasteiger charge is -2.10. The highest BCUT2D eigenvalue weighted by molar-refractivity contribution is 5.67. The molecule has 0 bridgehead atoms. The van der Waals surface area contributed by atoms with Crippen molar-refractivity contribution in [2.45, 2.75) is 19.4 Å². The number of hydrogen-bond acceptors (Lipinski definition) is 2. The SMILES string of the molecule is Cc1ccc(C2Cc3c(ccnc3-c3ccccc3)O2)cc1. The summed E-state index contributed by atoms with van der Waals surface area (Å²) in [6, 6.07) is 20.9. The van der Waals surface area contributed by atoms with Crippen molar-refractivity contribution in [3.8, 4) is 17.0 Å². The van der Waals surface area contributed by atoms with Gasteiger partial charge in [0.15, 0.2) is 0 Å². The molecule has 0 aliphatic carbocycles. The van der Waals surface area contributed by atoms with Crippen LogP contribution in [0.1, 0.15) is 22.8 Å². The predicted molar refractivity (Wildman–Crippen MR) is 87.9 cm³/mol. The number of benzene rings is 2. The average molecular weight is 287 g/mol. The summed E-state index contributed by atoms with van der Waals surface area (Å²) < 4.78 is 6.15. The third-order valence-corrected chi connectivity index (χ3v) is 4.17. The van der Waals surface area contributed by atoms with Gasteiger partial charge in [-0.05, 0) is 18.6 Å². The number of pyridine rings is 1. The van der Waals surface area contributed by atoms with E-state index in [-0.39, 0.29) is 6.10 Å². The van der Waals surface area contributed by atoms with Crippen LogP contribution in [0.25, 0.3) is 11.3 Å². The molecule has 0 saturated heterocycles. The Hall–Kier alpha value is -2.61. The number of nitrogens with zero attached hydrogens (tertiary/aromatic N) is 1. The van der Waals surface area contributed by atoms with Gasteiger partial charge in [0, 0.05) is 23.7 Å². The summed E-state index contributed by atoms with van der Waals surface area (Å²) in [5.74, 6) is 0.958. The van der Waals surface area contributed by atoms with Gasteiger partial charge in [0.1, 0.15) is 11.9 Å². The highest BCUT2D eigenvalue weighted by atomic mass is 16.5. The molecule has 22 heavy (non-hydrogen) atoms. The fourth-order valence-electron chi connectivity index (χ4n) is 2.97. The number of fused-ring (bicyclic) bond motifs is 1. The van der Waals surface area contributed by atoms with E-state index in [1.165, 1.54) is 16.7 Å². The van der Waals surface area contributed by atoms with E-state index in [9.17, 15) is 0 Å². The number of rotatable bonds is 2. The van der Waals surface area contributed by atoms with Crippen LogP contribution in [0.15, 0.2) is 66.9 Å². The van der Waals surface area contributed by atoms with Gasteiger partial charge in [-0.2, -0.15) is 0 Å². The van der Waals surface area contributed by atoms with Crippen molar-refractivity contribution in [1.82, 2.24) is 4.98 Å².